The summed E-state index contributed by atoms with van der Waals surface area (Å²) < 4.78 is 37.9. The van der Waals surface area contributed by atoms with E-state index < -0.39 is 0 Å². The number of methoxy groups -OCH3 is 1. The standard InChI is InChI=1S/C56H62Cl2N10O8/c1-71-49-37(57)8-2-10-39(49)65-47-43-51(55(30-63-53(43)69)16-5-18-61-28-55)67-45(47)36-15-21-60-24-42(36)74-26-33-12-13-34(76-33)27-75-50-38(58)9-3-11-40(50)66-48-44-52(56(31-64-54(44)70)17-6-19-62-29-56)68-46(48)35-14-20-59-23-41(35)73-25-32-7-4-22-72-32/h2-3,8-11,14-15,20-21,23-24,32-34,61-62,65-68H,4-7,12-13,16-19,22,25-31H2,1H3,(H,63,69)(H,64,70)/t32?,33-,34?,55+,56?/m1/s1. The molecule has 10 heterocycles. The second kappa shape index (κ2) is 21.5. The predicted molar refractivity (Wildman–Crippen MR) is 290 cm³/mol. The SMILES string of the molecule is COc1c(Cl)cccc1Nc1c(-c2ccncc2OC[C@H]2CCC(COc3c(Cl)cccc3Nc3c(-c4ccncc4OCC4CCCO4)[nH]c4c3C(=O)NCC43CCCNC3)O2)[nH]c2c1C(=O)NC[C@@]21CCCNC1. The lowest BCUT2D eigenvalue weighted by molar-refractivity contribution is -0.00213. The van der Waals surface area contributed by atoms with Gasteiger partial charge in [-0.25, -0.2) is 0 Å². The second-order valence-corrected chi connectivity index (χ2v) is 21.5. The molecule has 4 fully saturated rings. The van der Waals surface area contributed by atoms with Crippen molar-refractivity contribution in [2.24, 2.45) is 0 Å². The van der Waals surface area contributed by atoms with E-state index in [4.69, 9.17) is 51.6 Å². The van der Waals surface area contributed by atoms with Gasteiger partial charge in [0.05, 0.1) is 93.1 Å². The Morgan fingerprint density at radius 3 is 1.68 bits per heavy atom. The molecular formula is C56H62Cl2N10O8. The number of carbonyl (C=O) groups excluding carboxylic acids is 2. The summed E-state index contributed by atoms with van der Waals surface area (Å²) in [6.07, 6.45) is 13.4. The van der Waals surface area contributed by atoms with E-state index >= 15 is 0 Å². The fourth-order valence-corrected chi connectivity index (χ4v) is 12.5. The van der Waals surface area contributed by atoms with Crippen LogP contribution in [-0.4, -0.2) is 123 Å². The molecule has 5 atom stereocenters. The first-order valence-electron chi connectivity index (χ1n) is 26.4. The van der Waals surface area contributed by atoms with E-state index in [-0.39, 0.29) is 54.2 Å². The van der Waals surface area contributed by atoms with Crippen LogP contribution in [0.1, 0.15) is 83.5 Å². The average molecular weight is 1070 g/mol. The Labute approximate surface area is 450 Å². The number of piperidine rings is 2. The molecule has 0 aliphatic carbocycles. The van der Waals surface area contributed by atoms with Crippen molar-refractivity contribution in [2.75, 3.05) is 83.4 Å². The van der Waals surface area contributed by atoms with Crippen molar-refractivity contribution >= 4 is 57.8 Å². The second-order valence-electron chi connectivity index (χ2n) is 20.7. The number of nitrogens with one attached hydrogen (secondary N) is 8. The van der Waals surface area contributed by atoms with Crippen molar-refractivity contribution in [2.45, 2.75) is 80.5 Å². The molecule has 76 heavy (non-hydrogen) atoms. The third-order valence-electron chi connectivity index (χ3n) is 15.9. The van der Waals surface area contributed by atoms with Gasteiger partial charge < -0.3 is 70.3 Å². The Balaban J connectivity index is 0.785. The van der Waals surface area contributed by atoms with Gasteiger partial charge in [0.1, 0.15) is 31.3 Å². The molecule has 6 aromatic rings. The monoisotopic (exact) mass is 1070 g/mol. The topological polar surface area (TPSA) is 219 Å². The number of carbonyl (C=O) groups is 2. The van der Waals surface area contributed by atoms with Crippen LogP contribution < -0.4 is 50.8 Å². The number of aromatic nitrogens is 4. The van der Waals surface area contributed by atoms with Crippen LogP contribution in [0.5, 0.6) is 23.0 Å². The van der Waals surface area contributed by atoms with Crippen molar-refractivity contribution in [1.82, 2.24) is 41.2 Å². The minimum Gasteiger partial charge on any atom is -0.493 e. The number of aromatic amines is 2. The number of amides is 2. The predicted octanol–water partition coefficient (Wildman–Crippen LogP) is 8.56. The van der Waals surface area contributed by atoms with E-state index in [1.807, 2.05) is 36.4 Å². The molecule has 20 heteroatoms. The first-order chi connectivity index (χ1) is 37.2. The molecule has 6 aliphatic rings. The molecule has 2 spiro atoms. The highest BCUT2D eigenvalue weighted by Crippen LogP contribution is 2.49. The minimum absolute atomic E-state index is 0.000234. The number of H-pyrrole nitrogens is 2. The van der Waals surface area contributed by atoms with Crippen molar-refractivity contribution in [3.63, 3.8) is 0 Å². The van der Waals surface area contributed by atoms with E-state index in [1.165, 1.54) is 0 Å². The Morgan fingerprint density at radius 1 is 0.645 bits per heavy atom. The van der Waals surface area contributed by atoms with E-state index in [1.54, 1.807) is 44.0 Å². The minimum atomic E-state index is -0.337. The van der Waals surface area contributed by atoms with Crippen LogP contribution in [0.2, 0.25) is 10.0 Å². The highest BCUT2D eigenvalue weighted by molar-refractivity contribution is 6.33. The molecule has 3 unspecified atom stereocenters. The van der Waals surface area contributed by atoms with Gasteiger partial charge in [-0.05, 0) is 101 Å². The normalized spacial score (nSPS) is 23.9. The van der Waals surface area contributed by atoms with Crippen molar-refractivity contribution < 1.29 is 38.0 Å². The molecule has 4 aromatic heterocycles. The summed E-state index contributed by atoms with van der Waals surface area (Å²) in [6, 6.07) is 14.8. The molecule has 4 saturated heterocycles. The van der Waals surface area contributed by atoms with Crippen LogP contribution in [0.4, 0.5) is 22.7 Å². The maximum absolute atomic E-state index is 14.1. The maximum atomic E-state index is 14.1. The van der Waals surface area contributed by atoms with Crippen LogP contribution in [0.3, 0.4) is 0 Å². The first kappa shape index (κ1) is 50.3. The molecule has 398 valence electrons. The molecule has 2 amide bonds. The van der Waals surface area contributed by atoms with Gasteiger partial charge in [0, 0.05) is 78.5 Å². The van der Waals surface area contributed by atoms with Gasteiger partial charge in [0.25, 0.3) is 11.8 Å². The molecule has 0 bridgehead atoms. The molecule has 12 rings (SSSR count). The summed E-state index contributed by atoms with van der Waals surface area (Å²) in [5.41, 5.74) is 7.35. The number of anilines is 4. The number of hydrogen-bond donors (Lipinski definition) is 8. The van der Waals surface area contributed by atoms with E-state index in [2.05, 4.69) is 51.8 Å². The zero-order chi connectivity index (χ0) is 51.8. The number of fused-ring (bicyclic) bond motifs is 4. The number of benzene rings is 2. The third-order valence-corrected chi connectivity index (χ3v) is 16.5. The number of nitrogens with zero attached hydrogens (tertiary/aromatic N) is 2. The quantitative estimate of drug-likeness (QED) is 0.0456. The average Bonchev–Trinajstić information content (AvgIpc) is 4.29. The van der Waals surface area contributed by atoms with Crippen LogP contribution in [0.15, 0.2) is 73.3 Å². The van der Waals surface area contributed by atoms with E-state index in [0.717, 1.165) is 87.2 Å². The van der Waals surface area contributed by atoms with Gasteiger partial charge in [-0.3, -0.25) is 19.6 Å². The number of halogens is 2. The fraction of sp³-hybridized carbons (Fsp3) is 0.429. The highest BCUT2D eigenvalue weighted by Gasteiger charge is 2.46. The fourth-order valence-electron chi connectivity index (χ4n) is 12.0. The lowest BCUT2D eigenvalue weighted by Crippen LogP contribution is -2.54. The van der Waals surface area contributed by atoms with Crippen molar-refractivity contribution in [3.05, 3.63) is 106 Å². The zero-order valence-electron chi connectivity index (χ0n) is 42.3. The molecule has 6 aliphatic heterocycles. The Morgan fingerprint density at radius 2 is 1.17 bits per heavy atom. The maximum Gasteiger partial charge on any atom is 0.255 e. The largest absolute Gasteiger partial charge is 0.493 e. The van der Waals surface area contributed by atoms with Crippen LogP contribution in [-0.2, 0) is 20.3 Å². The molecule has 0 saturated carbocycles. The molecule has 2 aromatic carbocycles. The Bertz CT molecular complexity index is 3130. The number of rotatable bonds is 16. The Kier molecular flexibility index (Phi) is 14.2. The third kappa shape index (κ3) is 9.57. The molecule has 0 radical (unpaired) electrons. The van der Waals surface area contributed by atoms with Gasteiger partial charge in [-0.15, -0.1) is 0 Å². The summed E-state index contributed by atoms with van der Waals surface area (Å²) >= 11 is 13.6. The zero-order valence-corrected chi connectivity index (χ0v) is 43.8. The summed E-state index contributed by atoms with van der Waals surface area (Å²) in [5, 5.41) is 21.6. The number of para-hydroxylation sites is 2. The number of ether oxygens (including phenoxy) is 6. The summed E-state index contributed by atoms with van der Waals surface area (Å²) in [5.74, 6) is 1.63. The summed E-state index contributed by atoms with van der Waals surface area (Å²) in [4.78, 5) is 44.4. The van der Waals surface area contributed by atoms with Crippen molar-refractivity contribution in [1.29, 1.82) is 0 Å². The van der Waals surface area contributed by atoms with Crippen molar-refractivity contribution in [3.8, 4) is 45.5 Å². The van der Waals surface area contributed by atoms with E-state index in [0.29, 0.717) is 118 Å². The molecular weight excluding hydrogens is 1010 g/mol. The van der Waals surface area contributed by atoms with Crippen LogP contribution in [0, 0.1) is 0 Å². The molecule has 18 nitrogen and oxygen atoms in total. The first-order valence-corrected chi connectivity index (χ1v) is 27.2. The van der Waals surface area contributed by atoms with Gasteiger partial charge in [-0.1, -0.05) is 35.3 Å². The van der Waals surface area contributed by atoms with Gasteiger partial charge in [0.15, 0.2) is 11.5 Å². The summed E-state index contributed by atoms with van der Waals surface area (Å²) in [6.45, 7) is 5.84. The highest BCUT2D eigenvalue weighted by atomic mass is 35.5. The van der Waals surface area contributed by atoms with Crippen LogP contribution >= 0.6 is 23.2 Å². The van der Waals surface area contributed by atoms with Gasteiger partial charge >= 0.3 is 0 Å². The Hall–Kier alpha value is -6.54. The summed E-state index contributed by atoms with van der Waals surface area (Å²) in [7, 11) is 1.57. The van der Waals surface area contributed by atoms with Crippen LogP contribution in [0.25, 0.3) is 22.5 Å². The number of hydrogen-bond acceptors (Lipinski definition) is 14. The smallest absolute Gasteiger partial charge is 0.255 e. The number of pyridine rings is 2. The van der Waals surface area contributed by atoms with E-state index in [9.17, 15) is 9.59 Å². The van der Waals surface area contributed by atoms with Gasteiger partial charge in [-0.2, -0.15) is 0 Å². The lowest BCUT2D eigenvalue weighted by Gasteiger charge is -2.40. The van der Waals surface area contributed by atoms with Gasteiger partial charge in [0.2, 0.25) is 0 Å². The lowest BCUT2D eigenvalue weighted by atomic mass is 9.74. The molecule has 8 N–H and O–H groups in total.